The zero-order chi connectivity index (χ0) is 20.2. The normalized spacial score (nSPS) is 12.0. The number of ether oxygens (including phenoxy) is 1. The van der Waals surface area contributed by atoms with Crippen LogP contribution in [0.25, 0.3) is 0 Å². The second kappa shape index (κ2) is 15.9. The van der Waals surface area contributed by atoms with Gasteiger partial charge in [-0.2, -0.15) is 0 Å². The number of benzene rings is 2. The summed E-state index contributed by atoms with van der Waals surface area (Å²) in [7, 11) is -11.0. The van der Waals surface area contributed by atoms with Crippen molar-refractivity contribution in [1.29, 1.82) is 0 Å². The van der Waals surface area contributed by atoms with Crippen molar-refractivity contribution in [3.05, 3.63) is 59.7 Å². The van der Waals surface area contributed by atoms with E-state index >= 15 is 0 Å². The van der Waals surface area contributed by atoms with Crippen LogP contribution in [0.2, 0.25) is 0 Å². The molecule has 0 saturated heterocycles. The molecule has 2 aromatic carbocycles. The fourth-order valence-electron chi connectivity index (χ4n) is 2.37. The monoisotopic (exact) mass is 536 g/mol. The van der Waals surface area contributed by atoms with Crippen LogP contribution in [0.4, 0.5) is 8.78 Å². The summed E-state index contributed by atoms with van der Waals surface area (Å²) in [6.07, 6.45) is -1.09. The fourth-order valence-corrected chi connectivity index (χ4v) is 4.59. The molecule has 0 radical (unpaired) electrons. The second-order valence-electron chi connectivity index (χ2n) is 5.69. The maximum absolute atomic E-state index is 13.9. The standard InChI is InChI=1S/C16H17F2O7PS.3K/c17-12-4-6-13(7-5-12)25-14-8-9-15(18)11(10-14)2-1-3-16(26(19,20)21)27(22,23)24;;;/h4-10,16H,1-3H2,(H2,19,20,21)(H,22,23,24);;;/q;3*+1/p-3. The van der Waals surface area contributed by atoms with Crippen LogP contribution >= 0.6 is 7.60 Å². The topological polar surface area (TPSA) is 130 Å². The van der Waals surface area contributed by atoms with Crippen molar-refractivity contribution in [2.75, 3.05) is 0 Å². The summed E-state index contributed by atoms with van der Waals surface area (Å²) in [5.74, 6) is -0.607. The Morgan fingerprint density at radius 3 is 2.00 bits per heavy atom. The zero-order valence-corrected chi connectivity index (χ0v) is 27.8. The van der Waals surface area contributed by atoms with E-state index in [2.05, 4.69) is 0 Å². The third-order valence-electron chi connectivity index (χ3n) is 3.65. The minimum absolute atomic E-state index is 0. The van der Waals surface area contributed by atoms with Gasteiger partial charge in [0.2, 0.25) is 0 Å². The molecule has 2 rings (SSSR count). The predicted octanol–water partition coefficient (Wildman–Crippen LogP) is -7.12. The first kappa shape index (κ1) is 35.2. The first-order valence-corrected chi connectivity index (χ1v) is 10.7. The summed E-state index contributed by atoms with van der Waals surface area (Å²) in [6.45, 7) is 0. The van der Waals surface area contributed by atoms with Gasteiger partial charge in [-0.3, -0.25) is 0 Å². The van der Waals surface area contributed by atoms with Crippen molar-refractivity contribution >= 4 is 17.7 Å². The van der Waals surface area contributed by atoms with Crippen LogP contribution in [0, 0.1) is 11.6 Å². The number of hydrogen-bond donors (Lipinski definition) is 0. The summed E-state index contributed by atoms with van der Waals surface area (Å²) in [5.41, 5.74) is 0.0725. The Morgan fingerprint density at radius 2 is 1.50 bits per heavy atom. The molecule has 30 heavy (non-hydrogen) atoms. The Hall–Kier alpha value is 3.07. The molecule has 0 N–H and O–H groups in total. The number of rotatable bonds is 8. The number of aryl methyl sites for hydroxylation is 1. The van der Waals surface area contributed by atoms with Gasteiger partial charge < -0.3 is 23.6 Å². The van der Waals surface area contributed by atoms with Crippen LogP contribution in [0.5, 0.6) is 11.5 Å². The molecule has 0 aliphatic rings. The van der Waals surface area contributed by atoms with Crippen LogP contribution in [0.15, 0.2) is 42.5 Å². The zero-order valence-electron chi connectivity index (χ0n) is 16.7. The molecule has 0 spiro atoms. The van der Waals surface area contributed by atoms with Gasteiger partial charge in [-0.05, 0) is 67.3 Å². The minimum atomic E-state index is -5.64. The molecule has 0 amide bonds. The van der Waals surface area contributed by atoms with Crippen molar-refractivity contribution in [3.8, 4) is 11.5 Å². The van der Waals surface area contributed by atoms with Gasteiger partial charge in [0, 0.05) is 0 Å². The maximum atomic E-state index is 13.9. The van der Waals surface area contributed by atoms with Gasteiger partial charge in [-0.1, -0.05) is 7.60 Å². The smallest absolute Gasteiger partial charge is 0.810 e. The van der Waals surface area contributed by atoms with E-state index < -0.39 is 40.8 Å². The quantitative estimate of drug-likeness (QED) is 0.186. The molecule has 148 valence electrons. The summed E-state index contributed by atoms with van der Waals surface area (Å²) in [6, 6.07) is 8.77. The third-order valence-corrected chi connectivity index (χ3v) is 7.06. The first-order valence-electron chi connectivity index (χ1n) is 7.65. The predicted molar refractivity (Wildman–Crippen MR) is 86.9 cm³/mol. The Balaban J connectivity index is 0. The summed E-state index contributed by atoms with van der Waals surface area (Å²) >= 11 is 0. The molecule has 0 saturated carbocycles. The maximum Gasteiger partial charge on any atom is 1.00 e. The Kier molecular flexibility index (Phi) is 18.7. The van der Waals surface area contributed by atoms with E-state index in [4.69, 9.17) is 4.74 Å². The summed E-state index contributed by atoms with van der Waals surface area (Å²) in [5, 5.41) is 0. The van der Waals surface area contributed by atoms with Gasteiger partial charge in [0.25, 0.3) is 0 Å². The summed E-state index contributed by atoms with van der Waals surface area (Å²) in [4.78, 5) is 19.3. The van der Waals surface area contributed by atoms with Crippen molar-refractivity contribution < 1.29 is 195 Å². The van der Waals surface area contributed by atoms with Crippen LogP contribution in [0.3, 0.4) is 0 Å². The molecular weight excluding hydrogens is 523 g/mol. The molecular formula is C16H14F2K3O7PS. The molecule has 0 heterocycles. The van der Waals surface area contributed by atoms with E-state index in [-0.39, 0.29) is 178 Å². The van der Waals surface area contributed by atoms with E-state index in [0.717, 1.165) is 6.07 Å². The van der Waals surface area contributed by atoms with E-state index in [1.165, 1.54) is 36.4 Å². The van der Waals surface area contributed by atoms with Gasteiger partial charge in [0.15, 0.2) is 0 Å². The average molecular weight is 537 g/mol. The molecule has 0 aliphatic carbocycles. The molecule has 14 heteroatoms. The molecule has 2 aromatic rings. The SMILES string of the molecule is O=P([O-])([O-])C(CCCc1cc(Oc2ccc(F)cc2)ccc1F)S(=O)(=O)[O-].[K+].[K+].[K+]. The third kappa shape index (κ3) is 12.2. The van der Waals surface area contributed by atoms with Crippen molar-refractivity contribution in [2.45, 2.75) is 24.3 Å². The van der Waals surface area contributed by atoms with Crippen LogP contribution in [-0.2, 0) is 21.1 Å². The van der Waals surface area contributed by atoms with Crippen molar-refractivity contribution in [2.24, 2.45) is 0 Å². The van der Waals surface area contributed by atoms with Crippen molar-refractivity contribution in [1.82, 2.24) is 0 Å². The van der Waals surface area contributed by atoms with Gasteiger partial charge >= 0.3 is 154 Å². The Bertz CT molecular complexity index is 956. The van der Waals surface area contributed by atoms with Gasteiger partial charge in [0.1, 0.15) is 33.3 Å². The van der Waals surface area contributed by atoms with Gasteiger partial charge in [0.05, 0.1) is 4.99 Å². The molecule has 0 aromatic heterocycles. The molecule has 7 nitrogen and oxygen atoms in total. The van der Waals surface area contributed by atoms with Crippen LogP contribution in [-0.4, -0.2) is 18.0 Å². The van der Waals surface area contributed by atoms with Crippen molar-refractivity contribution in [3.63, 3.8) is 0 Å². The van der Waals surface area contributed by atoms with Gasteiger partial charge in [-0.15, -0.1) is 0 Å². The van der Waals surface area contributed by atoms with Gasteiger partial charge in [-0.25, -0.2) is 17.2 Å². The second-order valence-corrected chi connectivity index (χ2v) is 9.30. The average Bonchev–Trinajstić information content (AvgIpc) is 2.54. The fraction of sp³-hybridized carbons (Fsp3) is 0.250. The van der Waals surface area contributed by atoms with E-state index in [1.807, 2.05) is 0 Å². The van der Waals surface area contributed by atoms with Crippen LogP contribution < -0.4 is 169 Å². The molecule has 0 fully saturated rings. The Morgan fingerprint density at radius 1 is 0.967 bits per heavy atom. The summed E-state index contributed by atoms with van der Waals surface area (Å²) < 4.78 is 75.9. The van der Waals surface area contributed by atoms with Crippen LogP contribution in [0.1, 0.15) is 18.4 Å². The van der Waals surface area contributed by atoms with E-state index in [9.17, 15) is 36.1 Å². The minimum Gasteiger partial charge on any atom is -0.810 e. The number of halogens is 2. The van der Waals surface area contributed by atoms with E-state index in [0.29, 0.717) is 5.75 Å². The first-order chi connectivity index (χ1) is 12.5. The molecule has 0 bridgehead atoms. The largest absolute Gasteiger partial charge is 1.00 e. The molecule has 1 unspecified atom stereocenters. The number of hydrogen-bond acceptors (Lipinski definition) is 7. The van der Waals surface area contributed by atoms with E-state index in [1.54, 1.807) is 0 Å². The Labute approximate surface area is 301 Å². The molecule has 1 atom stereocenters. The molecule has 0 aliphatic heterocycles.